The summed E-state index contributed by atoms with van der Waals surface area (Å²) in [6.07, 6.45) is 0. The standard InChI is InChI=1S/C15H13BrClNO/c16-12-3-4-13(14(17)6-12)15(18)9-1-2-10-7-19-8-11(10)5-9/h1-6,15H,7-8,18H2. The maximum absolute atomic E-state index is 6.32. The summed E-state index contributed by atoms with van der Waals surface area (Å²) >= 11 is 9.66. The molecule has 0 saturated carbocycles. The summed E-state index contributed by atoms with van der Waals surface area (Å²) in [5, 5.41) is 0.679. The maximum Gasteiger partial charge on any atom is 0.0725 e. The molecule has 2 nitrogen and oxygen atoms in total. The number of halogens is 2. The number of benzene rings is 2. The van der Waals surface area contributed by atoms with Crippen LogP contribution in [-0.4, -0.2) is 0 Å². The van der Waals surface area contributed by atoms with Gasteiger partial charge in [-0.15, -0.1) is 0 Å². The van der Waals surface area contributed by atoms with Crippen molar-refractivity contribution in [1.82, 2.24) is 0 Å². The Hall–Kier alpha value is -0.870. The highest BCUT2D eigenvalue weighted by Crippen LogP contribution is 2.31. The second kappa shape index (κ2) is 5.25. The van der Waals surface area contributed by atoms with Crippen LogP contribution < -0.4 is 5.73 Å². The van der Waals surface area contributed by atoms with Gasteiger partial charge in [-0.25, -0.2) is 0 Å². The second-order valence-corrected chi connectivity index (χ2v) is 5.99. The van der Waals surface area contributed by atoms with Gasteiger partial charge in [0.05, 0.1) is 19.3 Å². The lowest BCUT2D eigenvalue weighted by atomic mass is 9.96. The summed E-state index contributed by atoms with van der Waals surface area (Å²) < 4.78 is 6.38. The van der Waals surface area contributed by atoms with Crippen molar-refractivity contribution in [3.8, 4) is 0 Å². The van der Waals surface area contributed by atoms with Gasteiger partial charge in [0, 0.05) is 9.50 Å². The van der Waals surface area contributed by atoms with E-state index >= 15 is 0 Å². The van der Waals surface area contributed by atoms with E-state index in [1.54, 1.807) is 0 Å². The first-order valence-electron chi connectivity index (χ1n) is 6.05. The normalized spacial score (nSPS) is 15.3. The van der Waals surface area contributed by atoms with E-state index in [1.165, 1.54) is 11.1 Å². The zero-order valence-corrected chi connectivity index (χ0v) is 12.5. The summed E-state index contributed by atoms with van der Waals surface area (Å²) in [6, 6.07) is 11.8. The molecule has 1 aliphatic rings. The van der Waals surface area contributed by atoms with Crippen molar-refractivity contribution in [2.75, 3.05) is 0 Å². The van der Waals surface area contributed by atoms with Crippen molar-refractivity contribution < 1.29 is 4.74 Å². The molecule has 1 heterocycles. The molecule has 19 heavy (non-hydrogen) atoms. The van der Waals surface area contributed by atoms with Gasteiger partial charge in [-0.2, -0.15) is 0 Å². The molecule has 0 spiro atoms. The van der Waals surface area contributed by atoms with E-state index in [4.69, 9.17) is 22.1 Å². The molecule has 2 aromatic rings. The van der Waals surface area contributed by atoms with Gasteiger partial charge < -0.3 is 10.5 Å². The number of hydrogen-bond acceptors (Lipinski definition) is 2. The van der Waals surface area contributed by atoms with E-state index in [2.05, 4.69) is 34.1 Å². The summed E-state index contributed by atoms with van der Waals surface area (Å²) in [4.78, 5) is 0. The largest absolute Gasteiger partial charge is 0.372 e. The van der Waals surface area contributed by atoms with Crippen LogP contribution in [0.25, 0.3) is 0 Å². The minimum absolute atomic E-state index is 0.216. The van der Waals surface area contributed by atoms with Crippen molar-refractivity contribution in [1.29, 1.82) is 0 Å². The van der Waals surface area contributed by atoms with Crippen molar-refractivity contribution in [2.24, 2.45) is 5.73 Å². The van der Waals surface area contributed by atoms with E-state index in [0.29, 0.717) is 18.2 Å². The predicted octanol–water partition coefficient (Wildman–Crippen LogP) is 4.18. The fraction of sp³-hybridized carbons (Fsp3) is 0.200. The molecule has 2 aromatic carbocycles. The zero-order chi connectivity index (χ0) is 13.4. The third kappa shape index (κ3) is 2.56. The third-order valence-electron chi connectivity index (χ3n) is 3.40. The van der Waals surface area contributed by atoms with E-state index < -0.39 is 0 Å². The number of hydrogen-bond donors (Lipinski definition) is 1. The highest BCUT2D eigenvalue weighted by molar-refractivity contribution is 9.10. The van der Waals surface area contributed by atoms with Crippen LogP contribution >= 0.6 is 27.5 Å². The van der Waals surface area contributed by atoms with Gasteiger partial charge in [0.15, 0.2) is 0 Å². The van der Waals surface area contributed by atoms with Crippen molar-refractivity contribution in [2.45, 2.75) is 19.3 Å². The van der Waals surface area contributed by atoms with Crippen LogP contribution in [0.15, 0.2) is 40.9 Å². The number of fused-ring (bicyclic) bond motifs is 1. The Balaban J connectivity index is 1.97. The maximum atomic E-state index is 6.32. The number of rotatable bonds is 2. The quantitative estimate of drug-likeness (QED) is 0.891. The average molecular weight is 339 g/mol. The zero-order valence-electron chi connectivity index (χ0n) is 10.2. The number of ether oxygens (including phenoxy) is 1. The van der Waals surface area contributed by atoms with Crippen molar-refractivity contribution in [3.05, 3.63) is 68.1 Å². The van der Waals surface area contributed by atoms with Gasteiger partial charge in [-0.1, -0.05) is 51.8 Å². The van der Waals surface area contributed by atoms with Gasteiger partial charge in [0.1, 0.15) is 0 Å². The fourth-order valence-electron chi connectivity index (χ4n) is 2.32. The molecular weight excluding hydrogens is 326 g/mol. The van der Waals surface area contributed by atoms with Gasteiger partial charge in [-0.05, 0) is 34.4 Å². The molecule has 4 heteroatoms. The van der Waals surface area contributed by atoms with Gasteiger partial charge in [0.2, 0.25) is 0 Å². The highest BCUT2D eigenvalue weighted by atomic mass is 79.9. The van der Waals surface area contributed by atoms with Gasteiger partial charge in [-0.3, -0.25) is 0 Å². The summed E-state index contributed by atoms with van der Waals surface area (Å²) in [6.45, 7) is 1.37. The molecule has 0 fully saturated rings. The van der Waals surface area contributed by atoms with E-state index in [0.717, 1.165) is 15.6 Å². The lowest BCUT2D eigenvalue weighted by Crippen LogP contribution is -2.12. The second-order valence-electron chi connectivity index (χ2n) is 4.66. The molecule has 3 rings (SSSR count). The average Bonchev–Trinajstić information content (AvgIpc) is 2.85. The van der Waals surface area contributed by atoms with E-state index in [9.17, 15) is 0 Å². The minimum atomic E-state index is -0.216. The summed E-state index contributed by atoms with van der Waals surface area (Å²) in [5.74, 6) is 0. The van der Waals surface area contributed by atoms with Gasteiger partial charge >= 0.3 is 0 Å². The van der Waals surface area contributed by atoms with Crippen LogP contribution in [0.1, 0.15) is 28.3 Å². The van der Waals surface area contributed by atoms with Crippen LogP contribution in [0, 0.1) is 0 Å². The Labute approximate surface area is 125 Å². The summed E-state index contributed by atoms with van der Waals surface area (Å²) in [5.41, 5.74) is 10.8. The lowest BCUT2D eigenvalue weighted by Gasteiger charge is -2.15. The van der Waals surface area contributed by atoms with Crippen LogP contribution in [0.2, 0.25) is 5.02 Å². The first-order valence-corrected chi connectivity index (χ1v) is 7.22. The molecule has 0 saturated heterocycles. The van der Waals surface area contributed by atoms with Crippen LogP contribution in [0.5, 0.6) is 0 Å². The van der Waals surface area contributed by atoms with Crippen LogP contribution in [-0.2, 0) is 18.0 Å². The molecule has 0 radical (unpaired) electrons. The Kier molecular flexibility index (Phi) is 3.63. The molecular formula is C15H13BrClNO. The highest BCUT2D eigenvalue weighted by Gasteiger charge is 2.17. The molecule has 0 aliphatic carbocycles. The van der Waals surface area contributed by atoms with E-state index in [-0.39, 0.29) is 6.04 Å². The lowest BCUT2D eigenvalue weighted by molar-refractivity contribution is 0.134. The van der Waals surface area contributed by atoms with Crippen molar-refractivity contribution >= 4 is 27.5 Å². The van der Waals surface area contributed by atoms with Gasteiger partial charge in [0.25, 0.3) is 0 Å². The molecule has 1 unspecified atom stereocenters. The SMILES string of the molecule is NC(c1ccc2c(c1)COC2)c1ccc(Br)cc1Cl. The first kappa shape index (κ1) is 13.1. The monoisotopic (exact) mass is 337 g/mol. The molecule has 2 N–H and O–H groups in total. The molecule has 0 amide bonds. The Morgan fingerprint density at radius 2 is 1.89 bits per heavy atom. The Morgan fingerprint density at radius 1 is 1.11 bits per heavy atom. The minimum Gasteiger partial charge on any atom is -0.372 e. The Bertz CT molecular complexity index is 630. The van der Waals surface area contributed by atoms with Crippen molar-refractivity contribution in [3.63, 3.8) is 0 Å². The van der Waals surface area contributed by atoms with Crippen LogP contribution in [0.3, 0.4) is 0 Å². The van der Waals surface area contributed by atoms with Crippen LogP contribution in [0.4, 0.5) is 0 Å². The third-order valence-corrected chi connectivity index (χ3v) is 4.22. The Morgan fingerprint density at radius 3 is 2.68 bits per heavy atom. The molecule has 1 aliphatic heterocycles. The molecule has 0 bridgehead atoms. The summed E-state index contributed by atoms with van der Waals surface area (Å²) in [7, 11) is 0. The first-order chi connectivity index (χ1) is 9.15. The number of nitrogens with two attached hydrogens (primary N) is 1. The smallest absolute Gasteiger partial charge is 0.0725 e. The predicted molar refractivity (Wildman–Crippen MR) is 80.1 cm³/mol. The molecule has 0 aromatic heterocycles. The molecule has 1 atom stereocenters. The van der Waals surface area contributed by atoms with E-state index in [1.807, 2.05) is 18.2 Å². The fourth-order valence-corrected chi connectivity index (χ4v) is 3.11. The topological polar surface area (TPSA) is 35.2 Å². The molecule has 98 valence electrons.